The lowest BCUT2D eigenvalue weighted by molar-refractivity contribution is -0.118. The molecule has 5 nitrogen and oxygen atoms in total. The van der Waals surface area contributed by atoms with E-state index in [4.69, 9.17) is 14.7 Å². The molecule has 0 saturated heterocycles. The number of carbonyl (C=O) groups excluding carboxylic acids is 1. The van der Waals surface area contributed by atoms with E-state index >= 15 is 0 Å². The second kappa shape index (κ2) is 10.1. The number of nitrogens with one attached hydrogen (secondary N) is 1. The average Bonchev–Trinajstić information content (AvgIpc) is 2.67. The van der Waals surface area contributed by atoms with Crippen molar-refractivity contribution >= 4 is 11.6 Å². The number of amides is 1. The molecule has 2 aromatic carbocycles. The van der Waals surface area contributed by atoms with E-state index in [1.54, 1.807) is 18.2 Å². The van der Waals surface area contributed by atoms with Crippen LogP contribution in [0.25, 0.3) is 0 Å². The van der Waals surface area contributed by atoms with Gasteiger partial charge in [-0.2, -0.15) is 5.26 Å². The molecule has 136 valence electrons. The Labute approximate surface area is 154 Å². The molecule has 1 amide bonds. The highest BCUT2D eigenvalue weighted by Crippen LogP contribution is 2.27. The number of aryl methyl sites for hydroxylation is 1. The van der Waals surface area contributed by atoms with Crippen molar-refractivity contribution in [1.82, 2.24) is 0 Å². The van der Waals surface area contributed by atoms with Gasteiger partial charge in [0.25, 0.3) is 5.91 Å². The molecule has 0 aliphatic rings. The average molecular weight is 352 g/mol. The predicted octanol–water partition coefficient (Wildman–Crippen LogP) is 4.32. The molecule has 0 heterocycles. The first-order chi connectivity index (χ1) is 12.7. The standard InChI is InChI=1S/C21H24N2O3/c1-3-4-5-6-16-7-10-18(11-8-16)23-21(24)15-26-19-12-9-17(14-22)13-20(19)25-2/h7-13H,3-6,15H2,1-2H3,(H,23,24). The van der Waals surface area contributed by atoms with E-state index in [1.165, 1.54) is 31.9 Å². The number of unbranched alkanes of at least 4 members (excludes halogenated alkanes) is 2. The Morgan fingerprint density at radius 2 is 1.88 bits per heavy atom. The molecule has 2 aromatic rings. The number of hydrogen-bond donors (Lipinski definition) is 1. The van der Waals surface area contributed by atoms with Gasteiger partial charge in [-0.25, -0.2) is 0 Å². The zero-order valence-corrected chi connectivity index (χ0v) is 15.2. The molecular weight excluding hydrogens is 328 g/mol. The largest absolute Gasteiger partial charge is 0.493 e. The van der Waals surface area contributed by atoms with Crippen LogP contribution in [0.15, 0.2) is 42.5 Å². The minimum atomic E-state index is -0.254. The molecular formula is C21H24N2O3. The second-order valence-corrected chi connectivity index (χ2v) is 5.97. The van der Waals surface area contributed by atoms with Crippen LogP contribution < -0.4 is 14.8 Å². The van der Waals surface area contributed by atoms with Crippen LogP contribution in [0.2, 0.25) is 0 Å². The summed E-state index contributed by atoms with van der Waals surface area (Å²) in [4.78, 5) is 12.1. The lowest BCUT2D eigenvalue weighted by atomic mass is 10.1. The first-order valence-corrected chi connectivity index (χ1v) is 8.76. The molecule has 0 atom stereocenters. The second-order valence-electron chi connectivity index (χ2n) is 5.97. The summed E-state index contributed by atoms with van der Waals surface area (Å²) in [6, 6.07) is 14.7. The maximum Gasteiger partial charge on any atom is 0.262 e. The summed E-state index contributed by atoms with van der Waals surface area (Å²) < 4.78 is 10.7. The smallest absolute Gasteiger partial charge is 0.262 e. The fourth-order valence-electron chi connectivity index (χ4n) is 2.53. The van der Waals surface area contributed by atoms with Crippen LogP contribution >= 0.6 is 0 Å². The van der Waals surface area contributed by atoms with Crippen molar-refractivity contribution in [2.24, 2.45) is 0 Å². The molecule has 0 bridgehead atoms. The van der Waals surface area contributed by atoms with E-state index in [0.717, 1.165) is 12.1 Å². The number of ether oxygens (including phenoxy) is 2. The highest BCUT2D eigenvalue weighted by molar-refractivity contribution is 5.91. The van der Waals surface area contributed by atoms with Crippen LogP contribution in [0.1, 0.15) is 37.3 Å². The molecule has 5 heteroatoms. The van der Waals surface area contributed by atoms with Gasteiger partial charge in [-0.1, -0.05) is 31.9 Å². The molecule has 2 rings (SSSR count). The van der Waals surface area contributed by atoms with Crippen LogP contribution in [-0.2, 0) is 11.2 Å². The van der Waals surface area contributed by atoms with Crippen LogP contribution in [0.3, 0.4) is 0 Å². The third-order valence-electron chi connectivity index (χ3n) is 3.96. The predicted molar refractivity (Wildman–Crippen MR) is 102 cm³/mol. The lowest BCUT2D eigenvalue weighted by Gasteiger charge is -2.11. The van der Waals surface area contributed by atoms with E-state index in [-0.39, 0.29) is 12.5 Å². The number of carbonyl (C=O) groups is 1. The van der Waals surface area contributed by atoms with E-state index < -0.39 is 0 Å². The Kier molecular flexibility index (Phi) is 7.50. The number of hydrogen-bond acceptors (Lipinski definition) is 4. The van der Waals surface area contributed by atoms with E-state index in [0.29, 0.717) is 17.1 Å². The SMILES string of the molecule is CCCCCc1ccc(NC(=O)COc2ccc(C#N)cc2OC)cc1. The Bertz CT molecular complexity index is 764. The molecule has 26 heavy (non-hydrogen) atoms. The van der Waals surface area contributed by atoms with Gasteiger partial charge in [-0.3, -0.25) is 4.79 Å². The van der Waals surface area contributed by atoms with Gasteiger partial charge in [0.1, 0.15) is 0 Å². The molecule has 0 saturated carbocycles. The number of anilines is 1. The normalized spacial score (nSPS) is 10.0. The fraction of sp³-hybridized carbons (Fsp3) is 0.333. The minimum Gasteiger partial charge on any atom is -0.493 e. The summed E-state index contributed by atoms with van der Waals surface area (Å²) in [5, 5.41) is 11.7. The van der Waals surface area contributed by atoms with E-state index in [1.807, 2.05) is 30.3 Å². The van der Waals surface area contributed by atoms with Crippen molar-refractivity contribution in [3.63, 3.8) is 0 Å². The third kappa shape index (κ3) is 5.82. The molecule has 0 unspecified atom stereocenters. The van der Waals surface area contributed by atoms with Crippen molar-refractivity contribution in [3.05, 3.63) is 53.6 Å². The molecule has 0 fully saturated rings. The highest BCUT2D eigenvalue weighted by atomic mass is 16.5. The first kappa shape index (κ1) is 19.3. The summed E-state index contributed by atoms with van der Waals surface area (Å²) >= 11 is 0. The zero-order valence-electron chi connectivity index (χ0n) is 15.2. The summed E-state index contributed by atoms with van der Waals surface area (Å²) in [5.41, 5.74) is 2.48. The summed E-state index contributed by atoms with van der Waals surface area (Å²) in [6.45, 7) is 2.05. The molecule has 0 aliphatic carbocycles. The van der Waals surface area contributed by atoms with Gasteiger partial charge in [-0.15, -0.1) is 0 Å². The molecule has 0 spiro atoms. The molecule has 0 radical (unpaired) electrons. The summed E-state index contributed by atoms with van der Waals surface area (Å²) in [6.07, 6.45) is 4.68. The fourth-order valence-corrected chi connectivity index (χ4v) is 2.53. The van der Waals surface area contributed by atoms with Crippen molar-refractivity contribution in [3.8, 4) is 17.6 Å². The molecule has 1 N–H and O–H groups in total. The van der Waals surface area contributed by atoms with E-state index in [9.17, 15) is 4.79 Å². The van der Waals surface area contributed by atoms with Crippen LogP contribution in [0.4, 0.5) is 5.69 Å². The minimum absolute atomic E-state index is 0.138. The van der Waals surface area contributed by atoms with Crippen molar-refractivity contribution < 1.29 is 14.3 Å². The van der Waals surface area contributed by atoms with Crippen LogP contribution in [0.5, 0.6) is 11.5 Å². The quantitative estimate of drug-likeness (QED) is 0.682. The Hall–Kier alpha value is -3.00. The first-order valence-electron chi connectivity index (χ1n) is 8.76. The monoisotopic (exact) mass is 352 g/mol. The molecule has 0 aromatic heterocycles. The van der Waals surface area contributed by atoms with Gasteiger partial charge in [-0.05, 0) is 42.7 Å². The summed E-state index contributed by atoms with van der Waals surface area (Å²) in [7, 11) is 1.49. The van der Waals surface area contributed by atoms with Gasteiger partial charge in [0.05, 0.1) is 18.7 Å². The van der Waals surface area contributed by atoms with E-state index in [2.05, 4.69) is 12.2 Å². The lowest BCUT2D eigenvalue weighted by Crippen LogP contribution is -2.20. The number of rotatable bonds is 9. The van der Waals surface area contributed by atoms with Gasteiger partial charge in [0.15, 0.2) is 18.1 Å². The maximum absolute atomic E-state index is 12.1. The number of nitrogens with zero attached hydrogens (tertiary/aromatic N) is 1. The Balaban J connectivity index is 1.86. The number of methoxy groups -OCH3 is 1. The topological polar surface area (TPSA) is 71.3 Å². The summed E-state index contributed by atoms with van der Waals surface area (Å²) in [5.74, 6) is 0.594. The third-order valence-corrected chi connectivity index (χ3v) is 3.96. The van der Waals surface area contributed by atoms with Crippen molar-refractivity contribution in [2.45, 2.75) is 32.6 Å². The number of nitriles is 1. The maximum atomic E-state index is 12.1. The van der Waals surface area contributed by atoms with Crippen LogP contribution in [0, 0.1) is 11.3 Å². The van der Waals surface area contributed by atoms with Crippen molar-refractivity contribution in [1.29, 1.82) is 5.26 Å². The van der Waals surface area contributed by atoms with Gasteiger partial charge < -0.3 is 14.8 Å². The van der Waals surface area contributed by atoms with Gasteiger partial charge in [0.2, 0.25) is 0 Å². The number of benzene rings is 2. The van der Waals surface area contributed by atoms with Gasteiger partial charge in [0, 0.05) is 11.8 Å². The molecule has 0 aliphatic heterocycles. The van der Waals surface area contributed by atoms with Gasteiger partial charge >= 0.3 is 0 Å². The zero-order chi connectivity index (χ0) is 18.8. The van der Waals surface area contributed by atoms with Crippen molar-refractivity contribution in [2.75, 3.05) is 19.0 Å². The Morgan fingerprint density at radius 3 is 2.54 bits per heavy atom. The highest BCUT2D eigenvalue weighted by Gasteiger charge is 2.09. The van der Waals surface area contributed by atoms with Crippen LogP contribution in [-0.4, -0.2) is 19.6 Å². The Morgan fingerprint density at radius 1 is 1.12 bits per heavy atom.